The minimum atomic E-state index is -5.65. The Kier molecular flexibility index (Phi) is 3.22. The lowest BCUT2D eigenvalue weighted by Crippen LogP contribution is -2.25. The van der Waals surface area contributed by atoms with Gasteiger partial charge in [-0.1, -0.05) is 0 Å². The number of ether oxygens (including phenoxy) is 1. The first-order chi connectivity index (χ1) is 6.83. The Bertz CT molecular complexity index is 384. The van der Waals surface area contributed by atoms with E-state index in [9.17, 15) is 21.6 Å². The first-order valence-corrected chi connectivity index (χ1v) is 5.06. The second-order valence-electron chi connectivity index (χ2n) is 2.41. The number of hydrogen-bond donors (Lipinski definition) is 0. The summed E-state index contributed by atoms with van der Waals surface area (Å²) in [5.41, 5.74) is -5.46. The molecule has 9 heteroatoms. The average Bonchev–Trinajstić information content (AvgIpc) is 2.30. The van der Waals surface area contributed by atoms with Crippen molar-refractivity contribution in [3.63, 3.8) is 0 Å². The summed E-state index contributed by atoms with van der Waals surface area (Å²) in [7, 11) is -5.65. The van der Waals surface area contributed by atoms with Crippen LogP contribution < -0.4 is 0 Å². The average molecular weight is 245 g/mol. The van der Waals surface area contributed by atoms with Gasteiger partial charge in [0.2, 0.25) is 0 Å². The van der Waals surface area contributed by atoms with E-state index in [1.807, 2.05) is 0 Å². The van der Waals surface area contributed by atoms with E-state index >= 15 is 0 Å². The number of aliphatic imine (C=N–C) groups is 1. The molecule has 86 valence electrons. The van der Waals surface area contributed by atoms with Gasteiger partial charge in [-0.05, 0) is 0 Å². The molecule has 0 N–H and O–H groups in total. The molecule has 0 aromatic heterocycles. The first-order valence-electron chi connectivity index (χ1n) is 3.65. The largest absolute Gasteiger partial charge is 0.534 e. The second-order valence-corrected chi connectivity index (χ2v) is 3.95. The summed E-state index contributed by atoms with van der Waals surface area (Å²) in [5, 5.41) is 0. The number of rotatable bonds is 2. The van der Waals surface area contributed by atoms with Gasteiger partial charge in [-0.15, -0.1) is 0 Å². The predicted octanol–water partition coefficient (Wildman–Crippen LogP) is 0.795. The second kappa shape index (κ2) is 4.09. The molecular weight excluding hydrogens is 239 g/mol. The molecule has 0 radical (unpaired) electrons. The van der Waals surface area contributed by atoms with Gasteiger partial charge in [-0.2, -0.15) is 21.6 Å². The van der Waals surface area contributed by atoms with Crippen LogP contribution in [0, 0.1) is 0 Å². The standard InChI is InChI=1S/C6H6F3NO4S/c7-6(8,9)15(11,12)14-5-3-10-1-2-13-4-5/h3-4H,1-2H2. The highest BCUT2D eigenvalue weighted by Crippen LogP contribution is 2.26. The summed E-state index contributed by atoms with van der Waals surface area (Å²) in [6, 6.07) is 0. The predicted molar refractivity (Wildman–Crippen MR) is 43.5 cm³/mol. The van der Waals surface area contributed by atoms with Crippen LogP contribution in [0.15, 0.2) is 17.0 Å². The van der Waals surface area contributed by atoms with E-state index in [4.69, 9.17) is 0 Å². The van der Waals surface area contributed by atoms with Crippen molar-refractivity contribution in [2.45, 2.75) is 5.51 Å². The van der Waals surface area contributed by atoms with E-state index in [1.165, 1.54) is 0 Å². The molecular formula is C6H6F3NO4S. The van der Waals surface area contributed by atoms with E-state index in [2.05, 4.69) is 13.9 Å². The lowest BCUT2D eigenvalue weighted by atomic mass is 10.6. The van der Waals surface area contributed by atoms with Crippen molar-refractivity contribution in [3.8, 4) is 0 Å². The zero-order valence-electron chi connectivity index (χ0n) is 7.19. The van der Waals surface area contributed by atoms with Crippen LogP contribution in [0.3, 0.4) is 0 Å². The molecule has 0 atom stereocenters. The minimum Gasteiger partial charge on any atom is -0.495 e. The van der Waals surface area contributed by atoms with Crippen LogP contribution in [0.1, 0.15) is 0 Å². The molecule has 0 amide bonds. The van der Waals surface area contributed by atoms with Gasteiger partial charge in [0.1, 0.15) is 12.9 Å². The number of allylic oxidation sites excluding steroid dienone is 1. The third-order valence-corrected chi connectivity index (χ3v) is 2.22. The zero-order valence-corrected chi connectivity index (χ0v) is 8.01. The van der Waals surface area contributed by atoms with Gasteiger partial charge < -0.3 is 8.92 Å². The Morgan fingerprint density at radius 1 is 1.47 bits per heavy atom. The fourth-order valence-electron chi connectivity index (χ4n) is 0.647. The number of halogens is 3. The van der Waals surface area contributed by atoms with Crippen molar-refractivity contribution >= 4 is 16.3 Å². The fraction of sp³-hybridized carbons (Fsp3) is 0.500. The van der Waals surface area contributed by atoms with E-state index < -0.39 is 21.4 Å². The molecule has 0 bridgehead atoms. The molecule has 1 rings (SSSR count). The molecule has 0 aromatic carbocycles. The fourth-order valence-corrected chi connectivity index (χ4v) is 1.08. The van der Waals surface area contributed by atoms with Crippen molar-refractivity contribution in [3.05, 3.63) is 12.0 Å². The Morgan fingerprint density at radius 2 is 2.13 bits per heavy atom. The highest BCUT2D eigenvalue weighted by molar-refractivity contribution is 7.87. The van der Waals surface area contributed by atoms with Crippen molar-refractivity contribution in [1.29, 1.82) is 0 Å². The summed E-state index contributed by atoms with van der Waals surface area (Å²) >= 11 is 0. The molecule has 0 saturated heterocycles. The third-order valence-electron chi connectivity index (χ3n) is 1.25. The van der Waals surface area contributed by atoms with E-state index in [0.717, 1.165) is 12.5 Å². The number of hydrogen-bond acceptors (Lipinski definition) is 5. The molecule has 1 aliphatic rings. The van der Waals surface area contributed by atoms with Gasteiger partial charge >= 0.3 is 15.6 Å². The molecule has 1 heterocycles. The molecule has 0 aromatic rings. The zero-order chi connectivity index (χ0) is 11.5. The van der Waals surface area contributed by atoms with Crippen LogP contribution in [0.4, 0.5) is 13.2 Å². The van der Waals surface area contributed by atoms with Gasteiger partial charge in [0.05, 0.1) is 12.8 Å². The van der Waals surface area contributed by atoms with Gasteiger partial charge in [0.15, 0.2) is 5.76 Å². The summed E-state index contributed by atoms with van der Waals surface area (Å²) < 4.78 is 65.0. The Hall–Kier alpha value is -1.25. The maximum atomic E-state index is 11.9. The molecule has 15 heavy (non-hydrogen) atoms. The SMILES string of the molecule is O=S(=O)(OC1=COCCN=C1)C(F)(F)F. The number of nitrogens with zero attached hydrogens (tertiary/aromatic N) is 1. The van der Waals surface area contributed by atoms with Crippen molar-refractivity contribution in [1.82, 2.24) is 0 Å². The van der Waals surface area contributed by atoms with Crippen LogP contribution in [0.2, 0.25) is 0 Å². The molecule has 0 unspecified atom stereocenters. The van der Waals surface area contributed by atoms with Crippen LogP contribution in [-0.2, 0) is 19.0 Å². The molecule has 0 fully saturated rings. The summed E-state index contributed by atoms with van der Waals surface area (Å²) in [6.07, 6.45) is 1.62. The molecule has 0 aliphatic carbocycles. The minimum absolute atomic E-state index is 0.148. The van der Waals surface area contributed by atoms with Crippen LogP contribution in [0.25, 0.3) is 0 Å². The molecule has 0 spiro atoms. The van der Waals surface area contributed by atoms with Gasteiger partial charge in [-0.3, -0.25) is 4.99 Å². The smallest absolute Gasteiger partial charge is 0.495 e. The van der Waals surface area contributed by atoms with Crippen LogP contribution >= 0.6 is 0 Å². The lowest BCUT2D eigenvalue weighted by molar-refractivity contribution is -0.0519. The van der Waals surface area contributed by atoms with Gasteiger partial charge in [0.25, 0.3) is 0 Å². The molecule has 1 aliphatic heterocycles. The van der Waals surface area contributed by atoms with E-state index in [-0.39, 0.29) is 13.2 Å². The normalized spacial score (nSPS) is 17.7. The molecule has 5 nitrogen and oxygen atoms in total. The highest BCUT2D eigenvalue weighted by atomic mass is 32.2. The number of alkyl halides is 3. The molecule has 0 saturated carbocycles. The van der Waals surface area contributed by atoms with Crippen LogP contribution in [0.5, 0.6) is 0 Å². The van der Waals surface area contributed by atoms with Gasteiger partial charge in [0, 0.05) is 0 Å². The lowest BCUT2D eigenvalue weighted by Gasteiger charge is -2.08. The maximum Gasteiger partial charge on any atom is 0.534 e. The van der Waals surface area contributed by atoms with E-state index in [1.54, 1.807) is 0 Å². The quantitative estimate of drug-likeness (QED) is 0.533. The Balaban J connectivity index is 2.82. The van der Waals surface area contributed by atoms with E-state index in [0.29, 0.717) is 0 Å². The van der Waals surface area contributed by atoms with Crippen LogP contribution in [-0.4, -0.2) is 33.3 Å². The maximum absolute atomic E-state index is 11.9. The Morgan fingerprint density at radius 3 is 2.73 bits per heavy atom. The summed E-state index contributed by atoms with van der Waals surface area (Å²) in [5.74, 6) is -0.607. The van der Waals surface area contributed by atoms with Crippen molar-refractivity contribution in [2.24, 2.45) is 4.99 Å². The monoisotopic (exact) mass is 245 g/mol. The first kappa shape index (κ1) is 11.8. The van der Waals surface area contributed by atoms with Crippen molar-refractivity contribution in [2.75, 3.05) is 13.2 Å². The summed E-state index contributed by atoms with van der Waals surface area (Å²) in [4.78, 5) is 3.54. The third kappa shape index (κ3) is 3.11. The Labute approximate surface area is 83.3 Å². The van der Waals surface area contributed by atoms with Gasteiger partial charge in [-0.25, -0.2) is 0 Å². The summed E-state index contributed by atoms with van der Waals surface area (Å²) in [6.45, 7) is 0.366. The van der Waals surface area contributed by atoms with Crippen molar-refractivity contribution < 1.29 is 30.5 Å². The topological polar surface area (TPSA) is 65.0 Å². The highest BCUT2D eigenvalue weighted by Gasteiger charge is 2.48.